The summed E-state index contributed by atoms with van der Waals surface area (Å²) in [5, 5.41) is 2.65. The van der Waals surface area contributed by atoms with E-state index >= 15 is 0 Å². The monoisotopic (exact) mass is 421 g/mol. The molecule has 154 valence electrons. The first-order chi connectivity index (χ1) is 13.7. The van der Waals surface area contributed by atoms with E-state index in [1.54, 1.807) is 7.05 Å². The summed E-state index contributed by atoms with van der Waals surface area (Å²) in [6, 6.07) is 9.26. The van der Waals surface area contributed by atoms with Crippen molar-refractivity contribution < 1.29 is 22.0 Å². The lowest BCUT2D eigenvalue weighted by Gasteiger charge is -2.11. The van der Waals surface area contributed by atoms with Crippen molar-refractivity contribution in [1.82, 2.24) is 4.90 Å². The number of likely N-dealkylation sites (tertiary alicyclic amines) is 1. The second-order valence-corrected chi connectivity index (χ2v) is 8.43. The number of carbonyl (C=O) groups is 1. The van der Waals surface area contributed by atoms with Gasteiger partial charge in [-0.25, -0.2) is 8.78 Å². The zero-order valence-corrected chi connectivity index (χ0v) is 16.7. The number of sulfonamides is 1. The van der Waals surface area contributed by atoms with Crippen molar-refractivity contribution in [3.63, 3.8) is 0 Å². The maximum atomic E-state index is 13.2. The average Bonchev–Trinajstić information content (AvgIpc) is 3.07. The lowest BCUT2D eigenvalue weighted by molar-refractivity contribution is -0.116. The fourth-order valence-electron chi connectivity index (χ4n) is 2.99. The fraction of sp³-hybridized carbons (Fsp3) is 0.300. The van der Waals surface area contributed by atoms with Crippen LogP contribution in [0.1, 0.15) is 24.8 Å². The number of aryl methyl sites for hydroxylation is 1. The molecule has 0 bridgehead atoms. The Kier molecular flexibility index (Phi) is 6.26. The van der Waals surface area contributed by atoms with Crippen molar-refractivity contribution in [2.75, 3.05) is 18.9 Å². The Morgan fingerprint density at radius 2 is 1.86 bits per heavy atom. The summed E-state index contributed by atoms with van der Waals surface area (Å²) < 4.78 is 54.9. The third kappa shape index (κ3) is 5.38. The SMILES string of the molecule is CN1CCC/C1=N/S(=O)(=O)c1ccc(NC(=O)CCc2ccc(F)c(F)c2)cc1. The van der Waals surface area contributed by atoms with Gasteiger partial charge in [-0.1, -0.05) is 6.07 Å². The second kappa shape index (κ2) is 8.69. The standard InChI is InChI=1S/C20H21F2N3O3S/c1-25-12-2-3-19(25)24-29(27,28)16-8-6-15(7-9-16)23-20(26)11-5-14-4-10-17(21)18(22)13-14/h4,6-10,13H,2-3,5,11-12H2,1H3,(H,23,26)/b24-19-. The molecule has 29 heavy (non-hydrogen) atoms. The third-order valence-corrected chi connectivity index (χ3v) is 5.94. The molecule has 3 rings (SSSR count). The van der Waals surface area contributed by atoms with Crippen LogP contribution in [0.2, 0.25) is 0 Å². The molecule has 1 amide bonds. The maximum Gasteiger partial charge on any atom is 0.283 e. The lowest BCUT2D eigenvalue weighted by Crippen LogP contribution is -2.20. The molecule has 1 heterocycles. The van der Waals surface area contributed by atoms with E-state index in [9.17, 15) is 22.0 Å². The third-order valence-electron chi connectivity index (χ3n) is 4.62. The largest absolute Gasteiger partial charge is 0.362 e. The van der Waals surface area contributed by atoms with Crippen LogP contribution >= 0.6 is 0 Å². The smallest absolute Gasteiger partial charge is 0.283 e. The molecule has 2 aromatic rings. The molecule has 1 aliphatic rings. The Hall–Kier alpha value is -2.81. The zero-order chi connectivity index (χ0) is 21.0. The lowest BCUT2D eigenvalue weighted by atomic mass is 10.1. The number of hydrogen-bond donors (Lipinski definition) is 1. The van der Waals surface area contributed by atoms with Crippen LogP contribution < -0.4 is 5.32 Å². The molecule has 0 saturated carbocycles. The summed E-state index contributed by atoms with van der Waals surface area (Å²) in [5.41, 5.74) is 0.946. The summed E-state index contributed by atoms with van der Waals surface area (Å²) in [4.78, 5) is 13.9. The number of carbonyl (C=O) groups excluding carboxylic acids is 1. The van der Waals surface area contributed by atoms with Crippen LogP contribution in [0.4, 0.5) is 14.5 Å². The van der Waals surface area contributed by atoms with Crippen LogP contribution in [0.3, 0.4) is 0 Å². The van der Waals surface area contributed by atoms with E-state index in [2.05, 4.69) is 9.71 Å². The highest BCUT2D eigenvalue weighted by Gasteiger charge is 2.20. The number of nitrogens with zero attached hydrogens (tertiary/aromatic N) is 2. The molecule has 1 fully saturated rings. The molecule has 1 saturated heterocycles. The molecule has 0 spiro atoms. The molecule has 0 atom stereocenters. The molecular formula is C20H21F2N3O3S. The van der Waals surface area contributed by atoms with Gasteiger partial charge in [0.15, 0.2) is 11.6 Å². The first-order valence-electron chi connectivity index (χ1n) is 9.13. The molecule has 9 heteroatoms. The Bertz CT molecular complexity index is 1040. The Labute approximate surface area is 168 Å². The number of anilines is 1. The minimum Gasteiger partial charge on any atom is -0.362 e. The number of halogens is 2. The highest BCUT2D eigenvalue weighted by atomic mass is 32.2. The summed E-state index contributed by atoms with van der Waals surface area (Å²) in [6.07, 6.45) is 1.83. The summed E-state index contributed by atoms with van der Waals surface area (Å²) >= 11 is 0. The van der Waals surface area contributed by atoms with Crippen LogP contribution in [0.5, 0.6) is 0 Å². The summed E-state index contributed by atoms with van der Waals surface area (Å²) in [7, 11) is -2.00. The van der Waals surface area contributed by atoms with Crippen LogP contribution in [-0.2, 0) is 21.2 Å². The molecule has 0 aliphatic carbocycles. The first-order valence-corrected chi connectivity index (χ1v) is 10.6. The van der Waals surface area contributed by atoms with Gasteiger partial charge in [0, 0.05) is 32.1 Å². The van der Waals surface area contributed by atoms with Crippen LogP contribution in [-0.4, -0.2) is 38.7 Å². The predicted molar refractivity (Wildman–Crippen MR) is 106 cm³/mol. The van der Waals surface area contributed by atoms with E-state index in [1.807, 2.05) is 4.90 Å². The first kappa shape index (κ1) is 20.9. The molecule has 2 aromatic carbocycles. The number of rotatable bonds is 6. The van der Waals surface area contributed by atoms with Gasteiger partial charge in [0.25, 0.3) is 10.0 Å². The number of benzene rings is 2. The van der Waals surface area contributed by atoms with Crippen molar-refractivity contribution in [3.05, 3.63) is 59.7 Å². The van der Waals surface area contributed by atoms with Gasteiger partial charge < -0.3 is 10.2 Å². The quantitative estimate of drug-likeness (QED) is 0.776. The normalized spacial score (nSPS) is 15.7. The van der Waals surface area contributed by atoms with Crippen molar-refractivity contribution in [1.29, 1.82) is 0 Å². The number of hydrogen-bond acceptors (Lipinski definition) is 3. The van der Waals surface area contributed by atoms with Gasteiger partial charge in [-0.05, 0) is 54.8 Å². The topological polar surface area (TPSA) is 78.8 Å². The van der Waals surface area contributed by atoms with Gasteiger partial charge in [-0.2, -0.15) is 8.42 Å². The van der Waals surface area contributed by atoms with Gasteiger partial charge in [-0.15, -0.1) is 4.40 Å². The van der Waals surface area contributed by atoms with E-state index in [-0.39, 0.29) is 23.6 Å². The van der Waals surface area contributed by atoms with Crippen molar-refractivity contribution in [2.45, 2.75) is 30.6 Å². The Balaban J connectivity index is 1.59. The minimum atomic E-state index is -3.81. The molecular weight excluding hydrogens is 400 g/mol. The van der Waals surface area contributed by atoms with Crippen molar-refractivity contribution in [2.24, 2.45) is 4.40 Å². The van der Waals surface area contributed by atoms with E-state index in [1.165, 1.54) is 30.3 Å². The number of amidine groups is 1. The van der Waals surface area contributed by atoms with Gasteiger partial charge in [0.1, 0.15) is 5.84 Å². The highest BCUT2D eigenvalue weighted by Crippen LogP contribution is 2.19. The second-order valence-electron chi connectivity index (χ2n) is 6.83. The molecule has 1 aliphatic heterocycles. The van der Waals surface area contributed by atoms with E-state index in [0.29, 0.717) is 23.5 Å². The number of amides is 1. The zero-order valence-electron chi connectivity index (χ0n) is 15.9. The fourth-order valence-corrected chi connectivity index (χ4v) is 4.08. The molecule has 0 radical (unpaired) electrons. The summed E-state index contributed by atoms with van der Waals surface area (Å²) in [5.74, 6) is -1.66. The predicted octanol–water partition coefficient (Wildman–Crippen LogP) is 3.35. The van der Waals surface area contributed by atoms with Crippen molar-refractivity contribution in [3.8, 4) is 0 Å². The molecule has 6 nitrogen and oxygen atoms in total. The van der Waals surface area contributed by atoms with Crippen LogP contribution in [0, 0.1) is 11.6 Å². The van der Waals surface area contributed by atoms with Crippen LogP contribution in [0.15, 0.2) is 51.8 Å². The van der Waals surface area contributed by atoms with Gasteiger partial charge in [0.05, 0.1) is 4.90 Å². The van der Waals surface area contributed by atoms with Gasteiger partial charge in [-0.3, -0.25) is 4.79 Å². The van der Waals surface area contributed by atoms with E-state index in [4.69, 9.17) is 0 Å². The Morgan fingerprint density at radius 3 is 2.48 bits per heavy atom. The number of nitrogens with one attached hydrogen (secondary N) is 1. The van der Waals surface area contributed by atoms with E-state index < -0.39 is 21.7 Å². The summed E-state index contributed by atoms with van der Waals surface area (Å²) in [6.45, 7) is 0.782. The van der Waals surface area contributed by atoms with Gasteiger partial charge >= 0.3 is 0 Å². The molecule has 0 aromatic heterocycles. The molecule has 0 unspecified atom stereocenters. The van der Waals surface area contributed by atoms with Crippen molar-refractivity contribution >= 4 is 27.5 Å². The minimum absolute atomic E-state index is 0.0464. The highest BCUT2D eigenvalue weighted by molar-refractivity contribution is 7.90. The van der Waals surface area contributed by atoms with Crippen LogP contribution in [0.25, 0.3) is 0 Å². The Morgan fingerprint density at radius 1 is 1.14 bits per heavy atom. The molecule has 1 N–H and O–H groups in total. The van der Waals surface area contributed by atoms with Gasteiger partial charge in [0.2, 0.25) is 5.91 Å². The van der Waals surface area contributed by atoms with E-state index in [0.717, 1.165) is 25.1 Å². The average molecular weight is 421 g/mol. The maximum absolute atomic E-state index is 13.2.